The Morgan fingerprint density at radius 2 is 1.38 bits per heavy atom. The molecular formula is C31H47N3O11. The summed E-state index contributed by atoms with van der Waals surface area (Å²) in [5.74, 6) is -3.17. The first kappa shape index (κ1) is 37.3. The van der Waals surface area contributed by atoms with Crippen molar-refractivity contribution in [2.45, 2.75) is 110 Å². The summed E-state index contributed by atoms with van der Waals surface area (Å²) in [5, 5.41) is 3.08. The number of nitrogens with one attached hydrogen (secondary N) is 3. The van der Waals surface area contributed by atoms with Crippen LogP contribution in [0, 0.1) is 0 Å². The van der Waals surface area contributed by atoms with Crippen molar-refractivity contribution in [2.24, 2.45) is 0 Å². The summed E-state index contributed by atoms with van der Waals surface area (Å²) in [6.07, 6.45) is -1.29. The monoisotopic (exact) mass is 637 g/mol. The normalized spacial score (nSPS) is 17.7. The third-order valence-electron chi connectivity index (χ3n) is 5.54. The number of hydrazine groups is 1. The topological polar surface area (TPSA) is 177 Å². The Labute approximate surface area is 264 Å². The number of benzene rings is 1. The predicted octanol–water partition coefficient (Wildman–Crippen LogP) is 2.12. The Morgan fingerprint density at radius 3 is 1.96 bits per heavy atom. The lowest BCUT2D eigenvalue weighted by molar-refractivity contribution is -0.167. The van der Waals surface area contributed by atoms with Gasteiger partial charge in [0.25, 0.3) is 17.9 Å². The van der Waals surface area contributed by atoms with Crippen LogP contribution in [0.15, 0.2) is 24.3 Å². The lowest BCUT2D eigenvalue weighted by atomic mass is 10.0. The minimum Gasteiger partial charge on any atom is -0.482 e. The van der Waals surface area contributed by atoms with Gasteiger partial charge in [-0.2, -0.15) is 0 Å². The summed E-state index contributed by atoms with van der Waals surface area (Å²) in [5.41, 5.74) is 2.15. The minimum absolute atomic E-state index is 0.116. The highest BCUT2D eigenvalue weighted by Crippen LogP contribution is 2.21. The minimum atomic E-state index is -1.78. The van der Waals surface area contributed by atoms with Crippen LogP contribution in [0.25, 0.3) is 0 Å². The van der Waals surface area contributed by atoms with Crippen LogP contribution in [0.2, 0.25) is 0 Å². The summed E-state index contributed by atoms with van der Waals surface area (Å²) in [6, 6.07) is 5.27. The number of carbonyl (C=O) groups is 5. The number of piperidine rings is 1. The standard InChI is InChI=1S/C31H47N3O11/c1-29(2,3)43-24(36)18-41-19-10-12-20(13-11-19)42-25(28(39)45-31(7,8)9)26(37)34-33-23(35)17-40-21-14-15-32-22(16-21)27(38)44-30(4,5)6/h10-13,21-22,25,32H,14-18H2,1-9H3,(H,33,35)(H,34,37). The van der Waals surface area contributed by atoms with Gasteiger partial charge in [-0.3, -0.25) is 25.2 Å². The largest absolute Gasteiger partial charge is 0.482 e. The molecule has 3 atom stereocenters. The van der Waals surface area contributed by atoms with Crippen LogP contribution < -0.4 is 25.6 Å². The molecule has 1 aromatic rings. The third-order valence-corrected chi connectivity index (χ3v) is 5.54. The zero-order chi connectivity index (χ0) is 34.0. The lowest BCUT2D eigenvalue weighted by Gasteiger charge is -2.31. The van der Waals surface area contributed by atoms with E-state index in [1.165, 1.54) is 24.3 Å². The fraction of sp³-hybridized carbons (Fsp3) is 0.645. The molecule has 0 spiro atoms. The zero-order valence-electron chi connectivity index (χ0n) is 27.6. The molecular weight excluding hydrogens is 590 g/mol. The van der Waals surface area contributed by atoms with Crippen LogP contribution in [0.1, 0.15) is 75.2 Å². The Hall–Kier alpha value is -3.91. The molecule has 0 aliphatic carbocycles. The molecule has 1 fully saturated rings. The van der Waals surface area contributed by atoms with Crippen LogP contribution in [-0.4, -0.2) is 84.5 Å². The summed E-state index contributed by atoms with van der Waals surface area (Å²) < 4.78 is 32.6. The van der Waals surface area contributed by atoms with Crippen LogP contribution in [0.3, 0.4) is 0 Å². The van der Waals surface area contributed by atoms with Crippen LogP contribution in [-0.2, 0) is 42.9 Å². The second kappa shape index (κ2) is 15.9. The Morgan fingerprint density at radius 1 is 0.800 bits per heavy atom. The van der Waals surface area contributed by atoms with Gasteiger partial charge in [0.1, 0.15) is 41.0 Å². The summed E-state index contributed by atoms with van der Waals surface area (Å²) in [7, 11) is 0. The van der Waals surface area contributed by atoms with E-state index in [-0.39, 0.29) is 18.5 Å². The first-order valence-corrected chi connectivity index (χ1v) is 14.7. The van der Waals surface area contributed by atoms with Crippen molar-refractivity contribution >= 4 is 29.7 Å². The molecule has 45 heavy (non-hydrogen) atoms. The molecule has 3 N–H and O–H groups in total. The van der Waals surface area contributed by atoms with Crippen molar-refractivity contribution in [3.8, 4) is 11.5 Å². The Bertz CT molecular complexity index is 1180. The zero-order valence-corrected chi connectivity index (χ0v) is 27.6. The van der Waals surface area contributed by atoms with Gasteiger partial charge in [0.15, 0.2) is 6.61 Å². The number of hydrogen-bond acceptors (Lipinski definition) is 12. The van der Waals surface area contributed by atoms with Gasteiger partial charge >= 0.3 is 17.9 Å². The number of carbonyl (C=O) groups excluding carboxylic acids is 5. The summed E-state index contributed by atoms with van der Waals surface area (Å²) in [6.45, 7) is 15.2. The van der Waals surface area contributed by atoms with E-state index in [0.717, 1.165) is 0 Å². The van der Waals surface area contributed by atoms with E-state index < -0.39 is 65.3 Å². The molecule has 1 aliphatic rings. The molecule has 252 valence electrons. The fourth-order valence-corrected chi connectivity index (χ4v) is 3.84. The van der Waals surface area contributed by atoms with Crippen LogP contribution >= 0.6 is 0 Å². The van der Waals surface area contributed by atoms with Crippen molar-refractivity contribution in [2.75, 3.05) is 19.8 Å². The van der Waals surface area contributed by atoms with Gasteiger partial charge in [0.2, 0.25) is 0 Å². The lowest BCUT2D eigenvalue weighted by Crippen LogP contribution is -2.53. The molecule has 1 heterocycles. The predicted molar refractivity (Wildman–Crippen MR) is 161 cm³/mol. The Balaban J connectivity index is 1.93. The van der Waals surface area contributed by atoms with Crippen molar-refractivity contribution < 1.29 is 52.4 Å². The van der Waals surface area contributed by atoms with E-state index in [9.17, 15) is 24.0 Å². The number of ether oxygens (including phenoxy) is 6. The summed E-state index contributed by atoms with van der Waals surface area (Å²) in [4.78, 5) is 62.5. The van der Waals surface area contributed by atoms with Crippen LogP contribution in [0.5, 0.6) is 11.5 Å². The van der Waals surface area contributed by atoms with E-state index in [1.807, 2.05) is 0 Å². The summed E-state index contributed by atoms with van der Waals surface area (Å²) >= 11 is 0. The van der Waals surface area contributed by atoms with Crippen LogP contribution in [0.4, 0.5) is 0 Å². The second-order valence-corrected chi connectivity index (χ2v) is 13.4. The average Bonchev–Trinajstić information content (AvgIpc) is 2.90. The molecule has 0 aromatic heterocycles. The van der Waals surface area contributed by atoms with Gasteiger partial charge < -0.3 is 33.7 Å². The van der Waals surface area contributed by atoms with Gasteiger partial charge in [0, 0.05) is 0 Å². The SMILES string of the molecule is CC(C)(C)OC(=O)COc1ccc(OC(C(=O)NNC(=O)COC2CCNC(C(=O)OC(C)(C)C)C2)C(=O)OC(C)(C)C)cc1. The maximum atomic E-state index is 12.9. The molecule has 1 aromatic carbocycles. The number of rotatable bonds is 11. The van der Waals surface area contributed by atoms with Crippen molar-refractivity contribution in [3.05, 3.63) is 24.3 Å². The maximum Gasteiger partial charge on any atom is 0.357 e. The van der Waals surface area contributed by atoms with Gasteiger partial charge in [0.05, 0.1) is 6.10 Å². The molecule has 2 amide bonds. The number of hydrogen-bond donors (Lipinski definition) is 3. The smallest absolute Gasteiger partial charge is 0.357 e. The van der Waals surface area contributed by atoms with E-state index in [1.54, 1.807) is 62.3 Å². The molecule has 1 aliphatic heterocycles. The number of esters is 3. The highest BCUT2D eigenvalue weighted by atomic mass is 16.6. The van der Waals surface area contributed by atoms with E-state index in [2.05, 4.69) is 16.2 Å². The average molecular weight is 638 g/mol. The molecule has 0 saturated carbocycles. The molecule has 0 radical (unpaired) electrons. The molecule has 2 rings (SSSR count). The molecule has 14 heteroatoms. The van der Waals surface area contributed by atoms with Gasteiger partial charge in [-0.05, 0) is 106 Å². The Kier molecular flexibility index (Phi) is 13.2. The quantitative estimate of drug-likeness (QED) is 0.140. The van der Waals surface area contributed by atoms with E-state index in [4.69, 9.17) is 28.4 Å². The van der Waals surface area contributed by atoms with Gasteiger partial charge in [-0.1, -0.05) is 0 Å². The molecule has 3 unspecified atom stereocenters. The second-order valence-electron chi connectivity index (χ2n) is 13.4. The highest BCUT2D eigenvalue weighted by molar-refractivity contribution is 6.01. The van der Waals surface area contributed by atoms with E-state index >= 15 is 0 Å². The third kappa shape index (κ3) is 15.1. The molecule has 14 nitrogen and oxygen atoms in total. The van der Waals surface area contributed by atoms with Gasteiger partial charge in [-0.15, -0.1) is 0 Å². The van der Waals surface area contributed by atoms with Crippen molar-refractivity contribution in [3.63, 3.8) is 0 Å². The molecule has 1 saturated heterocycles. The van der Waals surface area contributed by atoms with Crippen molar-refractivity contribution in [1.29, 1.82) is 0 Å². The molecule has 0 bridgehead atoms. The van der Waals surface area contributed by atoms with E-state index in [0.29, 0.717) is 25.1 Å². The fourth-order valence-electron chi connectivity index (χ4n) is 3.84. The maximum absolute atomic E-state index is 12.9. The number of amides is 2. The highest BCUT2D eigenvalue weighted by Gasteiger charge is 2.34. The first-order chi connectivity index (χ1) is 20.7. The van der Waals surface area contributed by atoms with Crippen molar-refractivity contribution in [1.82, 2.24) is 16.2 Å². The van der Waals surface area contributed by atoms with Gasteiger partial charge in [-0.25, -0.2) is 9.59 Å². The first-order valence-electron chi connectivity index (χ1n) is 14.7.